The molecule has 148 valence electrons. The predicted molar refractivity (Wildman–Crippen MR) is 109 cm³/mol. The molecule has 0 aliphatic carbocycles. The molecule has 6 nitrogen and oxygen atoms in total. The van der Waals surface area contributed by atoms with E-state index in [0.29, 0.717) is 0 Å². The molecule has 4 rings (SSSR count). The molecule has 0 unspecified atom stereocenters. The van der Waals surface area contributed by atoms with Crippen molar-refractivity contribution < 1.29 is 14.3 Å². The van der Waals surface area contributed by atoms with E-state index in [0.717, 1.165) is 66.4 Å². The van der Waals surface area contributed by atoms with Crippen molar-refractivity contribution in [1.82, 2.24) is 10.2 Å². The van der Waals surface area contributed by atoms with E-state index in [-0.39, 0.29) is 11.6 Å². The Morgan fingerprint density at radius 1 is 1.07 bits per heavy atom. The molecule has 0 saturated carbocycles. The van der Waals surface area contributed by atoms with Crippen molar-refractivity contribution >= 4 is 11.6 Å². The van der Waals surface area contributed by atoms with Gasteiger partial charge in [0, 0.05) is 44.1 Å². The molecule has 2 aliphatic heterocycles. The number of methoxy groups -OCH3 is 2. The molecule has 0 aromatic heterocycles. The topological polar surface area (TPSA) is 62.8 Å². The first kappa shape index (κ1) is 18.6. The fourth-order valence-electron chi connectivity index (χ4n) is 4.14. The van der Waals surface area contributed by atoms with Crippen molar-refractivity contribution in [2.45, 2.75) is 32.0 Å². The summed E-state index contributed by atoms with van der Waals surface area (Å²) in [5, 5.41) is 6.85. The van der Waals surface area contributed by atoms with E-state index in [2.05, 4.69) is 21.6 Å². The van der Waals surface area contributed by atoms with Crippen LogP contribution in [-0.4, -0.2) is 43.8 Å². The Morgan fingerprint density at radius 2 is 1.86 bits per heavy atom. The smallest absolute Gasteiger partial charge is 0.255 e. The maximum absolute atomic E-state index is 12.6. The predicted octanol–water partition coefficient (Wildman–Crippen LogP) is 3.16. The highest BCUT2D eigenvalue weighted by Crippen LogP contribution is 2.34. The van der Waals surface area contributed by atoms with E-state index in [1.807, 2.05) is 37.3 Å². The van der Waals surface area contributed by atoms with Crippen molar-refractivity contribution in [2.75, 3.05) is 32.6 Å². The van der Waals surface area contributed by atoms with E-state index < -0.39 is 0 Å². The van der Waals surface area contributed by atoms with Crippen LogP contribution >= 0.6 is 0 Å². The van der Waals surface area contributed by atoms with Crippen LogP contribution in [0.4, 0.5) is 5.69 Å². The molecule has 0 radical (unpaired) electrons. The molecule has 0 bridgehead atoms. The van der Waals surface area contributed by atoms with E-state index in [9.17, 15) is 4.79 Å². The maximum atomic E-state index is 12.6. The quantitative estimate of drug-likeness (QED) is 0.852. The van der Waals surface area contributed by atoms with Gasteiger partial charge in [-0.1, -0.05) is 18.2 Å². The number of ether oxygens (including phenoxy) is 2. The van der Waals surface area contributed by atoms with Crippen LogP contribution in [0.1, 0.15) is 34.3 Å². The number of benzene rings is 2. The van der Waals surface area contributed by atoms with E-state index in [1.54, 1.807) is 14.2 Å². The number of amides is 1. The maximum Gasteiger partial charge on any atom is 0.255 e. The number of hydrogen-bond acceptors (Lipinski definition) is 5. The number of aryl methyl sites for hydroxylation is 1. The standard InChI is InChI=1S/C22H27N3O3/c1-15-5-4-6-18-20(15)23-22(24-21(18)26)9-11-25(12-10-22)14-16-7-8-17(27-2)13-19(16)28-3/h4-8,13,23H,9-12,14H2,1-3H3,(H,24,26). The lowest BCUT2D eigenvalue weighted by molar-refractivity contribution is 0.0821. The molecule has 1 spiro atoms. The Labute approximate surface area is 165 Å². The minimum Gasteiger partial charge on any atom is -0.497 e. The normalized spacial score (nSPS) is 18.2. The first-order chi connectivity index (χ1) is 13.5. The highest BCUT2D eigenvalue weighted by molar-refractivity contribution is 6.02. The number of para-hydroxylation sites is 1. The van der Waals surface area contributed by atoms with Crippen LogP contribution in [0.3, 0.4) is 0 Å². The molecule has 28 heavy (non-hydrogen) atoms. The van der Waals surface area contributed by atoms with Gasteiger partial charge in [0.05, 0.1) is 25.5 Å². The van der Waals surface area contributed by atoms with Crippen LogP contribution in [0.15, 0.2) is 36.4 Å². The number of fused-ring (bicyclic) bond motifs is 1. The molecule has 0 atom stereocenters. The highest BCUT2D eigenvalue weighted by atomic mass is 16.5. The minimum absolute atomic E-state index is 0.0164. The van der Waals surface area contributed by atoms with Gasteiger partial charge in [-0.2, -0.15) is 0 Å². The average molecular weight is 381 g/mol. The third-order valence-electron chi connectivity index (χ3n) is 5.83. The monoisotopic (exact) mass is 381 g/mol. The lowest BCUT2D eigenvalue weighted by Crippen LogP contribution is -2.62. The van der Waals surface area contributed by atoms with Gasteiger partial charge >= 0.3 is 0 Å². The summed E-state index contributed by atoms with van der Waals surface area (Å²) in [7, 11) is 3.34. The van der Waals surface area contributed by atoms with Crippen LogP contribution < -0.4 is 20.1 Å². The van der Waals surface area contributed by atoms with Gasteiger partial charge in [0.25, 0.3) is 5.91 Å². The van der Waals surface area contributed by atoms with Gasteiger partial charge in [-0.25, -0.2) is 0 Å². The first-order valence-electron chi connectivity index (χ1n) is 9.67. The summed E-state index contributed by atoms with van der Waals surface area (Å²) in [5.41, 5.74) is 3.59. The number of likely N-dealkylation sites (tertiary alicyclic amines) is 1. The zero-order valence-electron chi connectivity index (χ0n) is 16.7. The minimum atomic E-state index is -0.364. The largest absolute Gasteiger partial charge is 0.497 e. The van der Waals surface area contributed by atoms with E-state index in [4.69, 9.17) is 9.47 Å². The molecule has 1 fully saturated rings. The van der Waals surface area contributed by atoms with Gasteiger partial charge in [0.15, 0.2) is 0 Å². The molecule has 1 amide bonds. The zero-order chi connectivity index (χ0) is 19.7. The van der Waals surface area contributed by atoms with Gasteiger partial charge in [0.2, 0.25) is 0 Å². The Morgan fingerprint density at radius 3 is 2.57 bits per heavy atom. The van der Waals surface area contributed by atoms with Crippen molar-refractivity contribution in [3.05, 3.63) is 53.1 Å². The van der Waals surface area contributed by atoms with Crippen LogP contribution in [0.2, 0.25) is 0 Å². The third-order valence-corrected chi connectivity index (χ3v) is 5.83. The highest BCUT2D eigenvalue weighted by Gasteiger charge is 2.40. The second kappa shape index (κ2) is 7.36. The first-order valence-corrected chi connectivity index (χ1v) is 9.67. The lowest BCUT2D eigenvalue weighted by Gasteiger charge is -2.46. The van der Waals surface area contributed by atoms with Gasteiger partial charge in [-0.3, -0.25) is 9.69 Å². The fraction of sp³-hybridized carbons (Fsp3) is 0.409. The summed E-state index contributed by atoms with van der Waals surface area (Å²) >= 11 is 0. The Balaban J connectivity index is 1.46. The fourth-order valence-corrected chi connectivity index (χ4v) is 4.14. The molecular formula is C22H27N3O3. The van der Waals surface area contributed by atoms with Crippen molar-refractivity contribution in [3.63, 3.8) is 0 Å². The second-order valence-electron chi connectivity index (χ2n) is 7.61. The molecule has 2 N–H and O–H groups in total. The summed E-state index contributed by atoms with van der Waals surface area (Å²) < 4.78 is 10.8. The number of carbonyl (C=O) groups is 1. The lowest BCUT2D eigenvalue weighted by atomic mass is 9.91. The molecule has 2 aliphatic rings. The number of nitrogens with zero attached hydrogens (tertiary/aromatic N) is 1. The van der Waals surface area contributed by atoms with Crippen LogP contribution in [0, 0.1) is 6.92 Å². The Bertz CT molecular complexity index is 889. The Hall–Kier alpha value is -2.73. The van der Waals surface area contributed by atoms with Crippen LogP contribution in [0.5, 0.6) is 11.5 Å². The zero-order valence-corrected chi connectivity index (χ0v) is 16.7. The summed E-state index contributed by atoms with van der Waals surface area (Å²) in [5.74, 6) is 1.65. The molecule has 2 heterocycles. The van der Waals surface area contributed by atoms with E-state index in [1.165, 1.54) is 0 Å². The van der Waals surface area contributed by atoms with Gasteiger partial charge < -0.3 is 20.1 Å². The van der Waals surface area contributed by atoms with Crippen molar-refractivity contribution in [3.8, 4) is 11.5 Å². The van der Waals surface area contributed by atoms with Gasteiger partial charge in [-0.05, 0) is 24.6 Å². The summed E-state index contributed by atoms with van der Waals surface area (Å²) in [6.07, 6.45) is 1.70. The summed E-state index contributed by atoms with van der Waals surface area (Å²) in [4.78, 5) is 15.0. The molecule has 2 aromatic carbocycles. The van der Waals surface area contributed by atoms with E-state index >= 15 is 0 Å². The Kier molecular flexibility index (Phi) is 4.89. The second-order valence-corrected chi connectivity index (χ2v) is 7.61. The third kappa shape index (κ3) is 3.40. The van der Waals surface area contributed by atoms with Crippen LogP contribution in [0.25, 0.3) is 0 Å². The SMILES string of the molecule is COc1ccc(CN2CCC3(CC2)NC(=O)c2cccc(C)c2N3)c(OC)c1. The number of nitrogens with one attached hydrogen (secondary N) is 2. The van der Waals surface area contributed by atoms with Crippen molar-refractivity contribution in [1.29, 1.82) is 0 Å². The van der Waals surface area contributed by atoms with Crippen molar-refractivity contribution in [2.24, 2.45) is 0 Å². The number of anilines is 1. The number of rotatable bonds is 4. The molecule has 2 aromatic rings. The van der Waals surface area contributed by atoms with Gasteiger partial charge in [-0.15, -0.1) is 0 Å². The van der Waals surface area contributed by atoms with Crippen LogP contribution in [-0.2, 0) is 6.54 Å². The number of carbonyl (C=O) groups excluding carboxylic acids is 1. The molecule has 1 saturated heterocycles. The van der Waals surface area contributed by atoms with Gasteiger partial charge in [0.1, 0.15) is 17.2 Å². The molecular weight excluding hydrogens is 354 g/mol. The summed E-state index contributed by atoms with van der Waals surface area (Å²) in [6, 6.07) is 11.8. The summed E-state index contributed by atoms with van der Waals surface area (Å²) in [6.45, 7) is 4.64. The average Bonchev–Trinajstić information content (AvgIpc) is 2.71. The number of hydrogen-bond donors (Lipinski definition) is 2. The molecule has 6 heteroatoms. The number of piperidine rings is 1.